The van der Waals surface area contributed by atoms with Gasteiger partial charge in [-0.25, -0.2) is 4.68 Å². The molecule has 0 aliphatic carbocycles. The van der Waals surface area contributed by atoms with Crippen molar-refractivity contribution in [3.8, 4) is 12.3 Å². The molecule has 1 heterocycles. The van der Waals surface area contributed by atoms with Gasteiger partial charge in [0.05, 0.1) is 6.42 Å². The van der Waals surface area contributed by atoms with E-state index in [-0.39, 0.29) is 12.3 Å². The Balaban J connectivity index is 2.80. The fourth-order valence-corrected chi connectivity index (χ4v) is 0.826. The van der Waals surface area contributed by atoms with Crippen molar-refractivity contribution in [3.05, 3.63) is 0 Å². The highest BCUT2D eigenvalue weighted by Crippen LogP contribution is 2.04. The number of hydrogen-bond donors (Lipinski definition) is 0. The number of aryl methyl sites for hydroxylation is 1. The van der Waals surface area contributed by atoms with E-state index in [2.05, 4.69) is 21.4 Å². The van der Waals surface area contributed by atoms with Crippen molar-refractivity contribution in [2.45, 2.75) is 6.42 Å². The largest absolute Gasteiger partial charge is 0.282 e. The van der Waals surface area contributed by atoms with Gasteiger partial charge in [-0.3, -0.25) is 9.69 Å². The van der Waals surface area contributed by atoms with Gasteiger partial charge in [-0.1, -0.05) is 11.0 Å². The van der Waals surface area contributed by atoms with Crippen LogP contribution >= 0.6 is 0 Å². The summed E-state index contributed by atoms with van der Waals surface area (Å²) in [6, 6.07) is 0. The molecule has 1 aromatic rings. The van der Waals surface area contributed by atoms with Crippen molar-refractivity contribution in [2.24, 2.45) is 7.05 Å². The van der Waals surface area contributed by atoms with E-state index in [4.69, 9.17) is 6.42 Å². The van der Waals surface area contributed by atoms with E-state index < -0.39 is 0 Å². The maximum Gasteiger partial charge on any atom is 0.251 e. The molecule has 13 heavy (non-hydrogen) atoms. The van der Waals surface area contributed by atoms with E-state index in [0.717, 1.165) is 0 Å². The third-order valence-electron chi connectivity index (χ3n) is 1.53. The van der Waals surface area contributed by atoms with Crippen LogP contribution in [0.5, 0.6) is 0 Å². The molecular weight excluding hydrogens is 170 g/mol. The van der Waals surface area contributed by atoms with Crippen LogP contribution in [0, 0.1) is 12.3 Å². The summed E-state index contributed by atoms with van der Waals surface area (Å²) in [6.45, 7) is 0. The molecule has 6 heteroatoms. The predicted molar refractivity (Wildman–Crippen MR) is 45.7 cm³/mol. The highest BCUT2D eigenvalue weighted by Gasteiger charge is 2.14. The van der Waals surface area contributed by atoms with E-state index in [0.29, 0.717) is 5.95 Å². The van der Waals surface area contributed by atoms with Gasteiger partial charge in [-0.15, -0.1) is 6.42 Å². The van der Waals surface area contributed by atoms with Gasteiger partial charge in [0, 0.05) is 14.1 Å². The van der Waals surface area contributed by atoms with Crippen LogP contribution in [0.3, 0.4) is 0 Å². The minimum atomic E-state index is -0.208. The number of tetrazole rings is 1. The number of anilines is 1. The van der Waals surface area contributed by atoms with Crippen LogP contribution in [-0.2, 0) is 11.8 Å². The van der Waals surface area contributed by atoms with Gasteiger partial charge in [-0.05, 0) is 10.4 Å². The molecule has 68 valence electrons. The molecule has 0 bridgehead atoms. The van der Waals surface area contributed by atoms with E-state index in [1.54, 1.807) is 14.1 Å². The van der Waals surface area contributed by atoms with Gasteiger partial charge < -0.3 is 0 Å². The lowest BCUT2D eigenvalue weighted by molar-refractivity contribution is -0.117. The standard InChI is InChI=1S/C7H9N5O/c1-4-5-6(13)11(2)7-8-9-10-12(7)3/h1H,5H2,2-3H3. The monoisotopic (exact) mass is 179 g/mol. The molecule has 0 N–H and O–H groups in total. The summed E-state index contributed by atoms with van der Waals surface area (Å²) in [6.07, 6.45) is 5.05. The van der Waals surface area contributed by atoms with Crippen molar-refractivity contribution >= 4 is 11.9 Å². The Bertz CT molecular complexity index is 350. The number of carbonyl (C=O) groups excluding carboxylic acids is 1. The molecule has 0 atom stereocenters. The molecule has 0 spiro atoms. The molecule has 0 unspecified atom stereocenters. The molecule has 1 rings (SSSR count). The predicted octanol–water partition coefficient (Wildman–Crippen LogP) is -0.804. The Labute approximate surface area is 75.5 Å². The average Bonchev–Trinajstić information content (AvgIpc) is 2.50. The summed E-state index contributed by atoms with van der Waals surface area (Å²) in [7, 11) is 3.22. The Morgan fingerprint density at radius 1 is 1.77 bits per heavy atom. The van der Waals surface area contributed by atoms with Crippen LogP contribution in [0.2, 0.25) is 0 Å². The third-order valence-corrected chi connectivity index (χ3v) is 1.53. The van der Waals surface area contributed by atoms with Crippen LogP contribution in [0.15, 0.2) is 0 Å². The minimum absolute atomic E-state index is 0.0450. The smallest absolute Gasteiger partial charge is 0.251 e. The quantitative estimate of drug-likeness (QED) is 0.557. The highest BCUT2D eigenvalue weighted by molar-refractivity contribution is 5.92. The molecule has 0 aliphatic rings. The number of aromatic nitrogens is 4. The van der Waals surface area contributed by atoms with Gasteiger partial charge >= 0.3 is 0 Å². The zero-order valence-corrected chi connectivity index (χ0v) is 7.43. The van der Waals surface area contributed by atoms with Gasteiger partial charge in [0.25, 0.3) is 5.95 Å². The number of amides is 1. The zero-order chi connectivity index (χ0) is 9.84. The molecular formula is C7H9N5O. The Morgan fingerprint density at radius 2 is 2.46 bits per heavy atom. The van der Waals surface area contributed by atoms with Crippen LogP contribution in [0.25, 0.3) is 0 Å². The Kier molecular flexibility index (Phi) is 2.59. The second-order valence-electron chi connectivity index (χ2n) is 2.44. The fourth-order valence-electron chi connectivity index (χ4n) is 0.826. The van der Waals surface area contributed by atoms with Crippen molar-refractivity contribution in [3.63, 3.8) is 0 Å². The summed E-state index contributed by atoms with van der Waals surface area (Å²) >= 11 is 0. The van der Waals surface area contributed by atoms with E-state index >= 15 is 0 Å². The van der Waals surface area contributed by atoms with Gasteiger partial charge in [0.2, 0.25) is 5.91 Å². The lowest BCUT2D eigenvalue weighted by Crippen LogP contribution is -2.28. The number of terminal acetylenes is 1. The summed E-state index contributed by atoms with van der Waals surface area (Å²) in [5.74, 6) is 2.43. The van der Waals surface area contributed by atoms with Crippen LogP contribution in [0.4, 0.5) is 5.95 Å². The minimum Gasteiger partial charge on any atom is -0.282 e. The summed E-state index contributed by atoms with van der Waals surface area (Å²) < 4.78 is 1.40. The first-order valence-electron chi connectivity index (χ1n) is 3.59. The van der Waals surface area contributed by atoms with Crippen molar-refractivity contribution in [1.82, 2.24) is 20.2 Å². The van der Waals surface area contributed by atoms with Gasteiger partial charge in [-0.2, -0.15) is 0 Å². The highest BCUT2D eigenvalue weighted by atomic mass is 16.2. The Hall–Kier alpha value is -1.90. The first-order valence-corrected chi connectivity index (χ1v) is 3.59. The second-order valence-corrected chi connectivity index (χ2v) is 2.44. The van der Waals surface area contributed by atoms with Crippen molar-refractivity contribution in [2.75, 3.05) is 11.9 Å². The van der Waals surface area contributed by atoms with Crippen LogP contribution in [-0.4, -0.2) is 33.2 Å². The topological polar surface area (TPSA) is 63.9 Å². The summed E-state index contributed by atoms with van der Waals surface area (Å²) in [4.78, 5) is 12.6. The molecule has 0 aromatic carbocycles. The lowest BCUT2D eigenvalue weighted by Gasteiger charge is -2.12. The SMILES string of the molecule is C#CCC(=O)N(C)c1nnnn1C. The molecule has 0 radical (unpaired) electrons. The molecule has 0 aliphatic heterocycles. The van der Waals surface area contributed by atoms with E-state index in [1.165, 1.54) is 9.58 Å². The Morgan fingerprint density at radius 3 is 2.92 bits per heavy atom. The van der Waals surface area contributed by atoms with Crippen LogP contribution < -0.4 is 4.90 Å². The molecule has 0 fully saturated rings. The van der Waals surface area contributed by atoms with Gasteiger partial charge in [0.1, 0.15) is 0 Å². The van der Waals surface area contributed by atoms with E-state index in [1.807, 2.05) is 0 Å². The maximum absolute atomic E-state index is 11.3. The molecule has 1 amide bonds. The number of rotatable bonds is 2. The number of hydrogen-bond acceptors (Lipinski definition) is 4. The van der Waals surface area contributed by atoms with Crippen molar-refractivity contribution in [1.29, 1.82) is 0 Å². The molecule has 0 saturated carbocycles. The first kappa shape index (κ1) is 9.19. The van der Waals surface area contributed by atoms with Gasteiger partial charge in [0.15, 0.2) is 0 Å². The van der Waals surface area contributed by atoms with Crippen molar-refractivity contribution < 1.29 is 4.79 Å². The van der Waals surface area contributed by atoms with E-state index in [9.17, 15) is 4.79 Å². The summed E-state index contributed by atoms with van der Waals surface area (Å²) in [5, 5.41) is 10.7. The lowest BCUT2D eigenvalue weighted by atomic mass is 10.4. The summed E-state index contributed by atoms with van der Waals surface area (Å²) in [5.41, 5.74) is 0. The normalized spacial score (nSPS) is 9.31. The third kappa shape index (κ3) is 1.82. The number of carbonyl (C=O) groups is 1. The van der Waals surface area contributed by atoms with Crippen LogP contribution in [0.1, 0.15) is 6.42 Å². The maximum atomic E-state index is 11.3. The first-order chi connectivity index (χ1) is 6.16. The average molecular weight is 179 g/mol. The second kappa shape index (κ2) is 3.67. The fraction of sp³-hybridized carbons (Fsp3) is 0.429. The number of nitrogens with zero attached hydrogens (tertiary/aromatic N) is 5. The molecule has 1 aromatic heterocycles. The zero-order valence-electron chi connectivity index (χ0n) is 7.43. The molecule has 0 saturated heterocycles. The molecule has 6 nitrogen and oxygen atoms in total.